The maximum Gasteiger partial charge on any atom is 0.0406 e. The molecule has 1 aromatic carbocycles. The van der Waals surface area contributed by atoms with Gasteiger partial charge in [-0.1, -0.05) is 56.8 Å². The van der Waals surface area contributed by atoms with Crippen molar-refractivity contribution >= 4 is 11.6 Å². The van der Waals surface area contributed by atoms with Crippen LogP contribution in [0, 0.1) is 5.92 Å². The minimum atomic E-state index is 0.458. The van der Waals surface area contributed by atoms with Crippen molar-refractivity contribution in [1.29, 1.82) is 0 Å². The first-order valence-corrected chi connectivity index (χ1v) is 8.63. The Morgan fingerprint density at radius 3 is 2.25 bits per heavy atom. The van der Waals surface area contributed by atoms with Crippen molar-refractivity contribution < 1.29 is 0 Å². The van der Waals surface area contributed by atoms with Gasteiger partial charge in [0.2, 0.25) is 0 Å². The van der Waals surface area contributed by atoms with Crippen molar-refractivity contribution in [1.82, 2.24) is 5.32 Å². The lowest BCUT2D eigenvalue weighted by Crippen LogP contribution is -2.39. The van der Waals surface area contributed by atoms with Gasteiger partial charge >= 0.3 is 0 Å². The normalized spacial score (nSPS) is 19.8. The molecular formula is C18H28ClN. The highest BCUT2D eigenvalue weighted by atomic mass is 35.5. The first kappa shape index (κ1) is 15.9. The molecule has 1 saturated carbocycles. The third-order valence-corrected chi connectivity index (χ3v) is 5.01. The zero-order valence-electron chi connectivity index (χ0n) is 12.9. The first-order chi connectivity index (χ1) is 9.74. The van der Waals surface area contributed by atoms with E-state index in [2.05, 4.69) is 31.3 Å². The van der Waals surface area contributed by atoms with Crippen molar-refractivity contribution in [3.63, 3.8) is 0 Å². The van der Waals surface area contributed by atoms with Crippen molar-refractivity contribution in [3.8, 4) is 0 Å². The summed E-state index contributed by atoms with van der Waals surface area (Å²) < 4.78 is 0. The van der Waals surface area contributed by atoms with Crippen molar-refractivity contribution in [2.75, 3.05) is 0 Å². The van der Waals surface area contributed by atoms with Gasteiger partial charge in [-0.3, -0.25) is 0 Å². The highest BCUT2D eigenvalue weighted by molar-refractivity contribution is 6.30. The monoisotopic (exact) mass is 293 g/mol. The van der Waals surface area contributed by atoms with E-state index in [0.29, 0.717) is 12.1 Å². The van der Waals surface area contributed by atoms with Crippen LogP contribution in [0.3, 0.4) is 0 Å². The van der Waals surface area contributed by atoms with Gasteiger partial charge in [-0.2, -0.15) is 0 Å². The van der Waals surface area contributed by atoms with E-state index in [0.717, 1.165) is 17.4 Å². The predicted molar refractivity (Wildman–Crippen MR) is 88.3 cm³/mol. The molecule has 1 nitrogen and oxygen atoms in total. The summed E-state index contributed by atoms with van der Waals surface area (Å²) in [4.78, 5) is 0. The molecule has 0 heterocycles. The molecule has 2 rings (SSSR count). The topological polar surface area (TPSA) is 12.0 Å². The summed E-state index contributed by atoms with van der Waals surface area (Å²) in [6, 6.07) is 9.45. The van der Waals surface area contributed by atoms with Crippen LogP contribution in [0.25, 0.3) is 0 Å². The van der Waals surface area contributed by atoms with Gasteiger partial charge in [0.25, 0.3) is 0 Å². The summed E-state index contributed by atoms with van der Waals surface area (Å²) in [6.45, 7) is 4.58. The molecule has 2 atom stereocenters. The number of rotatable bonds is 6. The molecule has 2 heteroatoms. The molecule has 0 amide bonds. The smallest absolute Gasteiger partial charge is 0.0406 e. The molecule has 0 saturated heterocycles. The summed E-state index contributed by atoms with van der Waals surface area (Å²) >= 11 is 5.99. The number of hydrogen-bond donors (Lipinski definition) is 1. The lowest BCUT2D eigenvalue weighted by atomic mass is 9.82. The Bertz CT molecular complexity index is 381. The summed E-state index contributed by atoms with van der Waals surface area (Å²) in [7, 11) is 0. The fourth-order valence-electron chi connectivity index (χ4n) is 3.53. The highest BCUT2D eigenvalue weighted by Gasteiger charge is 2.24. The molecule has 0 radical (unpaired) electrons. The average molecular weight is 294 g/mol. The van der Waals surface area contributed by atoms with Crippen LogP contribution in [0.1, 0.15) is 70.4 Å². The summed E-state index contributed by atoms with van der Waals surface area (Å²) in [5, 5.41) is 4.74. The first-order valence-electron chi connectivity index (χ1n) is 8.26. The molecule has 0 bridgehead atoms. The van der Waals surface area contributed by atoms with Crippen LogP contribution in [0.2, 0.25) is 5.02 Å². The van der Waals surface area contributed by atoms with Crippen LogP contribution < -0.4 is 5.32 Å². The average Bonchev–Trinajstić information content (AvgIpc) is 2.51. The number of halogens is 1. The van der Waals surface area contributed by atoms with Crippen molar-refractivity contribution in [2.24, 2.45) is 5.92 Å². The largest absolute Gasteiger partial charge is 0.307 e. The third kappa shape index (κ3) is 4.23. The van der Waals surface area contributed by atoms with Crippen LogP contribution in [0.4, 0.5) is 0 Å². The molecule has 1 aliphatic carbocycles. The van der Waals surface area contributed by atoms with Gasteiger partial charge in [0.1, 0.15) is 0 Å². The molecule has 20 heavy (non-hydrogen) atoms. The SMILES string of the molecule is CCC(NC(CC)C1CCCCC1)c1ccc(Cl)cc1. The van der Waals surface area contributed by atoms with Gasteiger partial charge in [-0.15, -0.1) is 0 Å². The van der Waals surface area contributed by atoms with Gasteiger partial charge in [0, 0.05) is 17.1 Å². The molecule has 0 aliphatic heterocycles. The molecule has 1 N–H and O–H groups in total. The zero-order chi connectivity index (χ0) is 14.4. The number of benzene rings is 1. The predicted octanol–water partition coefficient (Wildman–Crippen LogP) is 5.74. The van der Waals surface area contributed by atoms with Crippen LogP contribution in [0.5, 0.6) is 0 Å². The molecule has 0 spiro atoms. The van der Waals surface area contributed by atoms with E-state index < -0.39 is 0 Å². The Morgan fingerprint density at radius 2 is 1.70 bits per heavy atom. The Hall–Kier alpha value is -0.530. The van der Waals surface area contributed by atoms with E-state index in [1.54, 1.807) is 0 Å². The lowest BCUT2D eigenvalue weighted by molar-refractivity contribution is 0.244. The quantitative estimate of drug-likeness (QED) is 0.705. The van der Waals surface area contributed by atoms with E-state index in [1.807, 2.05) is 12.1 Å². The van der Waals surface area contributed by atoms with E-state index >= 15 is 0 Å². The molecule has 1 aromatic rings. The summed E-state index contributed by atoms with van der Waals surface area (Å²) in [6.07, 6.45) is 9.44. The van der Waals surface area contributed by atoms with E-state index in [1.165, 1.54) is 44.1 Å². The van der Waals surface area contributed by atoms with E-state index in [4.69, 9.17) is 11.6 Å². The van der Waals surface area contributed by atoms with Gasteiger partial charge in [-0.05, 0) is 49.3 Å². The van der Waals surface area contributed by atoms with E-state index in [9.17, 15) is 0 Å². The fraction of sp³-hybridized carbons (Fsp3) is 0.667. The third-order valence-electron chi connectivity index (χ3n) is 4.75. The minimum absolute atomic E-state index is 0.458. The zero-order valence-corrected chi connectivity index (χ0v) is 13.6. The highest BCUT2D eigenvalue weighted by Crippen LogP contribution is 2.30. The minimum Gasteiger partial charge on any atom is -0.307 e. The van der Waals surface area contributed by atoms with Crippen LogP contribution >= 0.6 is 11.6 Å². The Morgan fingerprint density at radius 1 is 1.05 bits per heavy atom. The van der Waals surface area contributed by atoms with Crippen LogP contribution in [0.15, 0.2) is 24.3 Å². The second kappa shape index (κ2) is 8.05. The van der Waals surface area contributed by atoms with Gasteiger partial charge in [0.05, 0.1) is 0 Å². The van der Waals surface area contributed by atoms with Crippen molar-refractivity contribution in [2.45, 2.75) is 70.9 Å². The summed E-state index contributed by atoms with van der Waals surface area (Å²) in [5.74, 6) is 0.870. The second-order valence-electron chi connectivity index (χ2n) is 6.09. The van der Waals surface area contributed by atoms with Gasteiger partial charge in [0.15, 0.2) is 0 Å². The standard InChI is InChI=1S/C18H28ClN/c1-3-17(14-8-6-5-7-9-14)20-18(4-2)15-10-12-16(19)13-11-15/h10-14,17-18,20H,3-9H2,1-2H3. The molecule has 2 unspecified atom stereocenters. The molecule has 1 aliphatic rings. The molecule has 0 aromatic heterocycles. The Labute approximate surface area is 129 Å². The van der Waals surface area contributed by atoms with Crippen molar-refractivity contribution in [3.05, 3.63) is 34.9 Å². The van der Waals surface area contributed by atoms with Gasteiger partial charge in [-0.25, -0.2) is 0 Å². The Balaban J connectivity index is 2.01. The molecule has 1 fully saturated rings. The maximum atomic E-state index is 5.99. The number of hydrogen-bond acceptors (Lipinski definition) is 1. The lowest BCUT2D eigenvalue weighted by Gasteiger charge is -2.33. The second-order valence-corrected chi connectivity index (χ2v) is 6.53. The summed E-state index contributed by atoms with van der Waals surface area (Å²) in [5.41, 5.74) is 1.37. The Kier molecular flexibility index (Phi) is 6.38. The molecule has 112 valence electrons. The fourth-order valence-corrected chi connectivity index (χ4v) is 3.65. The van der Waals surface area contributed by atoms with Crippen LogP contribution in [-0.4, -0.2) is 6.04 Å². The molecular weight excluding hydrogens is 266 g/mol. The van der Waals surface area contributed by atoms with Gasteiger partial charge < -0.3 is 5.32 Å². The number of nitrogens with one attached hydrogen (secondary N) is 1. The van der Waals surface area contributed by atoms with E-state index in [-0.39, 0.29) is 0 Å². The maximum absolute atomic E-state index is 5.99. The van der Waals surface area contributed by atoms with Crippen LogP contribution in [-0.2, 0) is 0 Å².